The zero-order valence-electron chi connectivity index (χ0n) is 26.8. The second kappa shape index (κ2) is 16.9. The molecule has 0 radical (unpaired) electrons. The van der Waals surface area contributed by atoms with Crippen LogP contribution in [0, 0.1) is 5.92 Å². The topological polar surface area (TPSA) is 132 Å². The summed E-state index contributed by atoms with van der Waals surface area (Å²) < 4.78 is 12.6. The Morgan fingerprint density at radius 2 is 1.77 bits per heavy atom. The van der Waals surface area contributed by atoms with E-state index in [4.69, 9.17) is 9.47 Å². The molecule has 1 heterocycles. The molecular formula is C33H49N5O6. The number of amides is 5. The summed E-state index contributed by atoms with van der Waals surface area (Å²) >= 11 is 0. The van der Waals surface area contributed by atoms with Gasteiger partial charge in [-0.05, 0) is 77.3 Å². The van der Waals surface area contributed by atoms with Crippen molar-refractivity contribution in [3.8, 4) is 5.75 Å². The maximum Gasteiger partial charge on any atom is 0.321 e. The number of benzene rings is 2. The largest absolute Gasteiger partial charge is 0.490 e. The molecule has 4 atom stereocenters. The lowest BCUT2D eigenvalue weighted by Gasteiger charge is -2.35. The monoisotopic (exact) mass is 611 g/mol. The summed E-state index contributed by atoms with van der Waals surface area (Å²) in [6.07, 6.45) is 1.89. The normalized spacial score (nSPS) is 20.5. The van der Waals surface area contributed by atoms with E-state index in [1.807, 2.05) is 58.0 Å². The molecule has 1 aliphatic heterocycles. The zero-order chi connectivity index (χ0) is 32.2. The van der Waals surface area contributed by atoms with Gasteiger partial charge >= 0.3 is 12.1 Å². The van der Waals surface area contributed by atoms with E-state index in [0.717, 1.165) is 19.3 Å². The van der Waals surface area contributed by atoms with Crippen molar-refractivity contribution in [1.29, 1.82) is 0 Å². The van der Waals surface area contributed by atoms with Gasteiger partial charge in [-0.2, -0.15) is 0 Å². The first-order valence-corrected chi connectivity index (χ1v) is 15.5. The molecule has 44 heavy (non-hydrogen) atoms. The van der Waals surface area contributed by atoms with Crippen LogP contribution in [-0.2, 0) is 4.74 Å². The number of aliphatic hydroxyl groups is 1. The molecule has 0 bridgehead atoms. The molecule has 3 rings (SSSR count). The van der Waals surface area contributed by atoms with E-state index in [0.29, 0.717) is 35.8 Å². The number of fused-ring (bicyclic) bond motifs is 1. The number of aliphatic hydroxyl groups excluding tert-OH is 1. The first-order chi connectivity index (χ1) is 21.0. The van der Waals surface area contributed by atoms with Crippen LogP contribution in [0.4, 0.5) is 21.0 Å². The third-order valence-electron chi connectivity index (χ3n) is 7.55. The quantitative estimate of drug-likeness (QED) is 0.341. The van der Waals surface area contributed by atoms with Crippen LogP contribution in [-0.4, -0.2) is 90.5 Å². The molecule has 0 saturated heterocycles. The summed E-state index contributed by atoms with van der Waals surface area (Å²) in [6, 6.07) is 13.1. The molecule has 1 aliphatic rings. The average Bonchev–Trinajstić information content (AvgIpc) is 2.98. The molecule has 11 nitrogen and oxygen atoms in total. The molecule has 0 aliphatic carbocycles. The van der Waals surface area contributed by atoms with Crippen LogP contribution in [0.3, 0.4) is 0 Å². The van der Waals surface area contributed by atoms with Crippen LogP contribution in [0.15, 0.2) is 48.5 Å². The lowest BCUT2D eigenvalue weighted by Crippen LogP contribution is -2.48. The van der Waals surface area contributed by atoms with E-state index in [-0.39, 0.29) is 55.3 Å². The smallest absolute Gasteiger partial charge is 0.321 e. The minimum absolute atomic E-state index is 0.0564. The number of hydrogen-bond donors (Lipinski definition) is 4. The predicted octanol–water partition coefficient (Wildman–Crippen LogP) is 5.18. The lowest BCUT2D eigenvalue weighted by atomic mass is 10.0. The van der Waals surface area contributed by atoms with Crippen molar-refractivity contribution in [2.45, 2.75) is 78.2 Å². The fourth-order valence-corrected chi connectivity index (χ4v) is 4.99. The number of urea groups is 2. The fraction of sp³-hybridized carbons (Fsp3) is 0.545. The third-order valence-corrected chi connectivity index (χ3v) is 7.55. The highest BCUT2D eigenvalue weighted by atomic mass is 16.5. The van der Waals surface area contributed by atoms with Crippen LogP contribution >= 0.6 is 0 Å². The van der Waals surface area contributed by atoms with E-state index in [1.165, 1.54) is 0 Å². The van der Waals surface area contributed by atoms with E-state index in [2.05, 4.69) is 16.0 Å². The summed E-state index contributed by atoms with van der Waals surface area (Å²) in [5.74, 6) is -0.105. The van der Waals surface area contributed by atoms with Crippen LogP contribution in [0.25, 0.3) is 0 Å². The number of nitrogens with zero attached hydrogens (tertiary/aromatic N) is 2. The predicted molar refractivity (Wildman–Crippen MR) is 172 cm³/mol. The Kier molecular flexibility index (Phi) is 13.3. The average molecular weight is 612 g/mol. The van der Waals surface area contributed by atoms with Crippen molar-refractivity contribution in [2.24, 2.45) is 5.92 Å². The van der Waals surface area contributed by atoms with Gasteiger partial charge in [0.15, 0.2) is 0 Å². The number of hydrogen-bond acceptors (Lipinski definition) is 6. The van der Waals surface area contributed by atoms with Crippen LogP contribution in [0.2, 0.25) is 0 Å². The maximum atomic E-state index is 14.2. The SMILES string of the molecule is CC(C)NC(=O)Nc1ccc2c(c1)C(=O)N([C@H](C)CO)C[C@H](C)[C@@H](CN(C)C(=O)Nc1ccccc1)OCCCC[C@@H](C)O2. The van der Waals surface area contributed by atoms with Crippen molar-refractivity contribution in [1.82, 2.24) is 15.1 Å². The molecule has 0 spiro atoms. The third kappa shape index (κ3) is 10.4. The first-order valence-electron chi connectivity index (χ1n) is 15.5. The standard InChI is InChI=1S/C33H49N5O6/c1-22(2)34-32(41)35-27-15-16-29-28(18-27)31(40)38(24(4)21-39)19-23(3)30(43-17-11-10-12-25(5)44-29)20-37(6)33(42)36-26-13-8-7-9-14-26/h7-9,13-16,18,22-25,30,39H,10-12,17,19-21H2,1-6H3,(H,36,42)(H2,34,35,41)/t23-,24+,25+,30+/m0/s1. The number of carbonyl (C=O) groups is 3. The van der Waals surface area contributed by atoms with Gasteiger partial charge in [0.1, 0.15) is 5.75 Å². The first kappa shape index (κ1) is 34.7. The van der Waals surface area contributed by atoms with Crippen molar-refractivity contribution in [3.63, 3.8) is 0 Å². The lowest BCUT2D eigenvalue weighted by molar-refractivity contribution is -0.0115. The highest BCUT2D eigenvalue weighted by Crippen LogP contribution is 2.28. The van der Waals surface area contributed by atoms with Gasteiger partial charge < -0.3 is 40.3 Å². The Morgan fingerprint density at radius 1 is 1.05 bits per heavy atom. The van der Waals surface area contributed by atoms with Crippen molar-refractivity contribution >= 4 is 29.3 Å². The van der Waals surface area contributed by atoms with E-state index >= 15 is 0 Å². The van der Waals surface area contributed by atoms with Crippen molar-refractivity contribution in [2.75, 3.05) is 44.0 Å². The van der Waals surface area contributed by atoms with Gasteiger partial charge in [-0.15, -0.1) is 0 Å². The summed E-state index contributed by atoms with van der Waals surface area (Å²) in [6.45, 7) is 10.3. The minimum atomic E-state index is -0.510. The van der Waals surface area contributed by atoms with Gasteiger partial charge in [0.25, 0.3) is 5.91 Å². The maximum absolute atomic E-state index is 14.2. The minimum Gasteiger partial charge on any atom is -0.490 e. The number of para-hydroxylation sites is 1. The molecule has 0 fully saturated rings. The number of anilines is 2. The van der Waals surface area contributed by atoms with Crippen LogP contribution < -0.4 is 20.7 Å². The molecule has 5 amide bonds. The Labute approximate surface area is 261 Å². The molecule has 2 aromatic rings. The summed E-state index contributed by atoms with van der Waals surface area (Å²) in [5.41, 5.74) is 1.44. The molecule has 242 valence electrons. The van der Waals surface area contributed by atoms with Crippen molar-refractivity contribution in [3.05, 3.63) is 54.1 Å². The number of likely N-dealkylation sites (N-methyl/N-ethyl adjacent to an activating group) is 1. The van der Waals surface area contributed by atoms with E-state index in [9.17, 15) is 19.5 Å². The van der Waals surface area contributed by atoms with Gasteiger partial charge in [0.05, 0.1) is 30.4 Å². The molecule has 0 unspecified atom stereocenters. The van der Waals surface area contributed by atoms with Crippen molar-refractivity contribution < 1.29 is 29.0 Å². The molecule has 0 saturated carbocycles. The fourth-order valence-electron chi connectivity index (χ4n) is 4.99. The zero-order valence-corrected chi connectivity index (χ0v) is 26.8. The van der Waals surface area contributed by atoms with Gasteiger partial charge in [-0.25, -0.2) is 9.59 Å². The number of ether oxygens (including phenoxy) is 2. The Bertz CT molecular complexity index is 1230. The van der Waals surface area contributed by atoms with Gasteiger partial charge in [0, 0.05) is 50.1 Å². The van der Waals surface area contributed by atoms with Gasteiger partial charge in [0.2, 0.25) is 0 Å². The van der Waals surface area contributed by atoms with E-state index < -0.39 is 6.04 Å². The molecular weight excluding hydrogens is 562 g/mol. The summed E-state index contributed by atoms with van der Waals surface area (Å²) in [7, 11) is 1.72. The number of carbonyl (C=O) groups excluding carboxylic acids is 3. The van der Waals surface area contributed by atoms with Gasteiger partial charge in [-0.1, -0.05) is 25.1 Å². The summed E-state index contributed by atoms with van der Waals surface area (Å²) in [4.78, 5) is 42.8. The Morgan fingerprint density at radius 3 is 2.45 bits per heavy atom. The van der Waals surface area contributed by atoms with Crippen LogP contribution in [0.1, 0.15) is 64.2 Å². The molecule has 11 heteroatoms. The van der Waals surface area contributed by atoms with Gasteiger partial charge in [-0.3, -0.25) is 4.79 Å². The van der Waals surface area contributed by atoms with E-state index in [1.54, 1.807) is 42.0 Å². The number of rotatable bonds is 7. The Balaban J connectivity index is 1.89. The molecule has 4 N–H and O–H groups in total. The summed E-state index contributed by atoms with van der Waals surface area (Å²) in [5, 5.41) is 18.6. The second-order valence-electron chi connectivity index (χ2n) is 11.9. The highest BCUT2D eigenvalue weighted by Gasteiger charge is 2.31. The molecule has 0 aromatic heterocycles. The van der Waals surface area contributed by atoms with Crippen LogP contribution in [0.5, 0.6) is 5.75 Å². The second-order valence-corrected chi connectivity index (χ2v) is 11.9. The Hall–Kier alpha value is -3.83. The highest BCUT2D eigenvalue weighted by molar-refractivity contribution is 5.99. The number of nitrogens with one attached hydrogen (secondary N) is 3. The molecule has 2 aromatic carbocycles.